The average Bonchev–Trinajstić information content (AvgIpc) is 2.30. The average molecular weight is 157 g/mol. The van der Waals surface area contributed by atoms with E-state index in [1.807, 2.05) is 0 Å². The molecule has 2 aliphatic rings. The van der Waals surface area contributed by atoms with E-state index in [-0.39, 0.29) is 0 Å². The van der Waals surface area contributed by atoms with Gasteiger partial charge in [0, 0.05) is 19.0 Å². The van der Waals surface area contributed by atoms with Crippen molar-refractivity contribution in [2.24, 2.45) is 5.41 Å². The molecule has 0 aromatic rings. The molecule has 2 rings (SSSR count). The van der Waals surface area contributed by atoms with E-state index in [4.69, 9.17) is 0 Å². The van der Waals surface area contributed by atoms with Crippen LogP contribution >= 0.6 is 12.6 Å². The fraction of sp³-hybridized carbons (Fsp3) is 1.00. The Balaban J connectivity index is 1.86. The molecule has 1 nitrogen and oxygen atoms in total. The van der Waals surface area contributed by atoms with Gasteiger partial charge < -0.3 is 0 Å². The van der Waals surface area contributed by atoms with Gasteiger partial charge in [0.1, 0.15) is 0 Å². The minimum Gasteiger partial charge on any atom is -0.293 e. The van der Waals surface area contributed by atoms with Gasteiger partial charge in [-0.3, -0.25) is 4.90 Å². The summed E-state index contributed by atoms with van der Waals surface area (Å²) in [5, 5.41) is 0. The van der Waals surface area contributed by atoms with Crippen LogP contribution in [0.3, 0.4) is 0 Å². The van der Waals surface area contributed by atoms with Gasteiger partial charge in [-0.05, 0) is 18.3 Å². The molecule has 0 bridgehead atoms. The topological polar surface area (TPSA) is 3.24 Å². The van der Waals surface area contributed by atoms with Crippen LogP contribution in [0.15, 0.2) is 0 Å². The Hall–Kier alpha value is 0.310. The van der Waals surface area contributed by atoms with Gasteiger partial charge in [0.05, 0.1) is 0 Å². The normalized spacial score (nSPS) is 30.9. The second kappa shape index (κ2) is 2.42. The van der Waals surface area contributed by atoms with Crippen LogP contribution in [0, 0.1) is 5.41 Å². The molecule has 0 aromatic heterocycles. The first-order valence-corrected chi connectivity index (χ1v) is 4.81. The lowest BCUT2D eigenvalue weighted by Crippen LogP contribution is -2.54. The van der Waals surface area contributed by atoms with Crippen LogP contribution in [0.5, 0.6) is 0 Å². The number of thiol groups is 1. The lowest BCUT2D eigenvalue weighted by Gasteiger charge is -2.47. The Bertz CT molecular complexity index is 121. The fourth-order valence-electron chi connectivity index (χ4n) is 2.44. The molecule has 2 fully saturated rings. The van der Waals surface area contributed by atoms with Crippen molar-refractivity contribution >= 4 is 12.6 Å². The van der Waals surface area contributed by atoms with Gasteiger partial charge in [0.15, 0.2) is 0 Å². The molecule has 1 aliphatic heterocycles. The third kappa shape index (κ3) is 0.978. The maximum atomic E-state index is 4.25. The van der Waals surface area contributed by atoms with Gasteiger partial charge in [-0.2, -0.15) is 12.6 Å². The number of rotatable bonds is 1. The lowest BCUT2D eigenvalue weighted by atomic mass is 9.79. The van der Waals surface area contributed by atoms with E-state index >= 15 is 0 Å². The van der Waals surface area contributed by atoms with Gasteiger partial charge in [-0.1, -0.05) is 12.8 Å². The van der Waals surface area contributed by atoms with Crippen LogP contribution in [-0.2, 0) is 0 Å². The molecule has 1 spiro atoms. The summed E-state index contributed by atoms with van der Waals surface area (Å²) in [6.07, 6.45) is 5.91. The van der Waals surface area contributed by atoms with E-state index in [9.17, 15) is 0 Å². The summed E-state index contributed by atoms with van der Waals surface area (Å²) in [5.41, 5.74) is 0.767. The molecule has 1 saturated heterocycles. The molecular weight excluding hydrogens is 142 g/mol. The fourth-order valence-corrected chi connectivity index (χ4v) is 2.64. The predicted octanol–water partition coefficient (Wildman–Crippen LogP) is 1.75. The standard InChI is InChI=1S/C8H15NS/c10-7-9-5-8(6-9)3-1-2-4-8/h10H,1-7H2. The van der Waals surface area contributed by atoms with Crippen LogP contribution in [0.25, 0.3) is 0 Å². The zero-order valence-electron chi connectivity index (χ0n) is 6.34. The van der Waals surface area contributed by atoms with Crippen molar-refractivity contribution in [2.45, 2.75) is 25.7 Å². The van der Waals surface area contributed by atoms with Gasteiger partial charge in [-0.25, -0.2) is 0 Å². The Labute approximate surface area is 68.2 Å². The van der Waals surface area contributed by atoms with Gasteiger partial charge in [0.25, 0.3) is 0 Å². The molecular formula is C8H15NS. The molecule has 0 radical (unpaired) electrons. The molecule has 1 saturated carbocycles. The zero-order valence-corrected chi connectivity index (χ0v) is 7.24. The van der Waals surface area contributed by atoms with Crippen LogP contribution < -0.4 is 0 Å². The van der Waals surface area contributed by atoms with E-state index < -0.39 is 0 Å². The van der Waals surface area contributed by atoms with E-state index in [0.717, 1.165) is 11.3 Å². The van der Waals surface area contributed by atoms with Gasteiger partial charge in [-0.15, -0.1) is 0 Å². The molecule has 0 N–H and O–H groups in total. The molecule has 10 heavy (non-hydrogen) atoms. The van der Waals surface area contributed by atoms with E-state index in [1.165, 1.54) is 38.8 Å². The third-order valence-electron chi connectivity index (χ3n) is 2.98. The van der Waals surface area contributed by atoms with E-state index in [0.29, 0.717) is 0 Å². The van der Waals surface area contributed by atoms with E-state index in [1.54, 1.807) is 0 Å². The van der Waals surface area contributed by atoms with Crippen molar-refractivity contribution < 1.29 is 0 Å². The molecule has 1 heterocycles. The Morgan fingerprint density at radius 2 is 1.80 bits per heavy atom. The van der Waals surface area contributed by atoms with Crippen molar-refractivity contribution in [3.05, 3.63) is 0 Å². The van der Waals surface area contributed by atoms with Crippen LogP contribution in [-0.4, -0.2) is 23.9 Å². The highest BCUT2D eigenvalue weighted by molar-refractivity contribution is 7.80. The minimum absolute atomic E-state index is 0.767. The van der Waals surface area contributed by atoms with Crippen molar-refractivity contribution in [2.75, 3.05) is 19.0 Å². The third-order valence-corrected chi connectivity index (χ3v) is 3.38. The van der Waals surface area contributed by atoms with Crippen molar-refractivity contribution in [3.8, 4) is 0 Å². The highest BCUT2D eigenvalue weighted by atomic mass is 32.1. The highest BCUT2D eigenvalue weighted by Gasteiger charge is 2.43. The van der Waals surface area contributed by atoms with Crippen molar-refractivity contribution in [3.63, 3.8) is 0 Å². The molecule has 2 heteroatoms. The number of hydrogen-bond donors (Lipinski definition) is 1. The minimum atomic E-state index is 0.767. The SMILES string of the molecule is SCN1CC2(CCCC2)C1. The zero-order chi connectivity index (χ0) is 7.03. The quantitative estimate of drug-likeness (QED) is 0.568. The smallest absolute Gasteiger partial charge is 0.0414 e. The van der Waals surface area contributed by atoms with E-state index in [2.05, 4.69) is 17.5 Å². The molecule has 0 aromatic carbocycles. The second-order valence-corrected chi connectivity index (χ2v) is 4.12. The summed E-state index contributed by atoms with van der Waals surface area (Å²) in [7, 11) is 0. The molecule has 1 aliphatic carbocycles. The predicted molar refractivity (Wildman–Crippen MR) is 46.3 cm³/mol. The van der Waals surface area contributed by atoms with Gasteiger partial charge >= 0.3 is 0 Å². The first-order chi connectivity index (χ1) is 4.85. The summed E-state index contributed by atoms with van der Waals surface area (Å²) in [6.45, 7) is 2.66. The number of nitrogens with zero attached hydrogens (tertiary/aromatic N) is 1. The number of hydrogen-bond acceptors (Lipinski definition) is 2. The van der Waals surface area contributed by atoms with Gasteiger partial charge in [0.2, 0.25) is 0 Å². The van der Waals surface area contributed by atoms with Crippen LogP contribution in [0.4, 0.5) is 0 Å². The first-order valence-electron chi connectivity index (χ1n) is 4.18. The monoisotopic (exact) mass is 157 g/mol. The summed E-state index contributed by atoms with van der Waals surface area (Å²) >= 11 is 4.25. The highest BCUT2D eigenvalue weighted by Crippen LogP contribution is 2.45. The van der Waals surface area contributed by atoms with Crippen molar-refractivity contribution in [1.29, 1.82) is 0 Å². The van der Waals surface area contributed by atoms with Crippen LogP contribution in [0.2, 0.25) is 0 Å². The largest absolute Gasteiger partial charge is 0.293 e. The summed E-state index contributed by atoms with van der Waals surface area (Å²) < 4.78 is 0. The molecule has 58 valence electrons. The Kier molecular flexibility index (Phi) is 1.69. The molecule has 0 unspecified atom stereocenters. The first kappa shape index (κ1) is 6.99. The Morgan fingerprint density at radius 1 is 1.20 bits per heavy atom. The number of likely N-dealkylation sites (tertiary alicyclic amines) is 1. The summed E-state index contributed by atoms with van der Waals surface area (Å²) in [6, 6.07) is 0. The molecule has 0 atom stereocenters. The Morgan fingerprint density at radius 3 is 2.30 bits per heavy atom. The molecule has 0 amide bonds. The lowest BCUT2D eigenvalue weighted by molar-refractivity contribution is 0.0236. The maximum absolute atomic E-state index is 4.25. The maximum Gasteiger partial charge on any atom is 0.0414 e. The van der Waals surface area contributed by atoms with Crippen molar-refractivity contribution in [1.82, 2.24) is 4.90 Å². The summed E-state index contributed by atoms with van der Waals surface area (Å²) in [4.78, 5) is 2.43. The summed E-state index contributed by atoms with van der Waals surface area (Å²) in [5.74, 6) is 0.960. The second-order valence-electron chi connectivity index (χ2n) is 3.84. The van der Waals surface area contributed by atoms with Crippen LogP contribution in [0.1, 0.15) is 25.7 Å².